The van der Waals surface area contributed by atoms with Crippen LogP contribution >= 0.6 is 46.7 Å². The minimum Gasteiger partial charge on any atom is -0.396 e. The monoisotopic (exact) mass is 536 g/mol. The van der Waals surface area contributed by atoms with Crippen molar-refractivity contribution in [2.45, 2.75) is 26.2 Å². The molecule has 1 atom stereocenters. The van der Waals surface area contributed by atoms with Crippen molar-refractivity contribution in [1.29, 1.82) is 0 Å². The number of nitrogens with zero attached hydrogens (tertiary/aromatic N) is 2. The second kappa shape index (κ2) is 11.4. The first-order valence-electron chi connectivity index (χ1n) is 9.28. The van der Waals surface area contributed by atoms with Gasteiger partial charge in [-0.1, -0.05) is 0 Å². The van der Waals surface area contributed by atoms with E-state index in [4.69, 9.17) is 4.74 Å². The third kappa shape index (κ3) is 6.38. The third-order valence-corrected chi connectivity index (χ3v) is 6.82. The molecule has 0 saturated carbocycles. The molecule has 1 aliphatic heterocycles. The van der Waals surface area contributed by atoms with Crippen molar-refractivity contribution in [3.05, 3.63) is 27.4 Å². The Bertz CT molecular complexity index is 757. The number of ether oxygens (including phenoxy) is 1. The van der Waals surface area contributed by atoms with Crippen LogP contribution in [0.1, 0.15) is 22.7 Å². The highest BCUT2D eigenvalue weighted by Gasteiger charge is 2.34. The lowest BCUT2D eigenvalue weighted by molar-refractivity contribution is 0.127. The zero-order chi connectivity index (χ0) is 19.1. The predicted molar refractivity (Wildman–Crippen MR) is 128 cm³/mol. The molecule has 3 heterocycles. The summed E-state index contributed by atoms with van der Waals surface area (Å²) in [5.41, 5.74) is 1.09. The van der Waals surface area contributed by atoms with Crippen LogP contribution in [0.2, 0.25) is 0 Å². The van der Waals surface area contributed by atoms with E-state index in [-0.39, 0.29) is 36.0 Å². The smallest absolute Gasteiger partial charge is 0.191 e. The van der Waals surface area contributed by atoms with Crippen LogP contribution in [-0.2, 0) is 11.2 Å². The van der Waals surface area contributed by atoms with Gasteiger partial charge in [0.05, 0.1) is 22.2 Å². The molecule has 0 aromatic carbocycles. The van der Waals surface area contributed by atoms with Gasteiger partial charge in [-0.05, 0) is 38.3 Å². The normalized spacial score (nSPS) is 19.5. The number of aryl methyl sites for hydroxylation is 1. The van der Waals surface area contributed by atoms with Crippen LogP contribution in [0.25, 0.3) is 10.6 Å². The number of thiazole rings is 1. The summed E-state index contributed by atoms with van der Waals surface area (Å²) < 4.78 is 5.54. The number of nitrogens with one attached hydrogen (secondary N) is 2. The number of hydrogen-bond donors (Lipinski definition) is 3. The number of hydrogen-bond acceptors (Lipinski definition) is 6. The Morgan fingerprint density at radius 2 is 2.25 bits per heavy atom. The van der Waals surface area contributed by atoms with E-state index in [0.717, 1.165) is 55.6 Å². The lowest BCUT2D eigenvalue weighted by Gasteiger charge is -2.27. The molecule has 9 heteroatoms. The number of halogens is 1. The fourth-order valence-corrected chi connectivity index (χ4v) is 4.89. The van der Waals surface area contributed by atoms with Gasteiger partial charge >= 0.3 is 0 Å². The highest BCUT2D eigenvalue weighted by Crippen LogP contribution is 2.31. The summed E-state index contributed by atoms with van der Waals surface area (Å²) in [5.74, 6) is 0.797. The molecule has 1 unspecified atom stereocenters. The van der Waals surface area contributed by atoms with Gasteiger partial charge in [0.25, 0.3) is 0 Å². The van der Waals surface area contributed by atoms with Crippen molar-refractivity contribution in [2.24, 2.45) is 10.4 Å². The van der Waals surface area contributed by atoms with Crippen LogP contribution in [-0.4, -0.2) is 56.0 Å². The lowest BCUT2D eigenvalue weighted by Crippen LogP contribution is -2.44. The Labute approximate surface area is 191 Å². The fraction of sp³-hybridized carbons (Fsp3) is 0.579. The van der Waals surface area contributed by atoms with Crippen LogP contribution in [0.5, 0.6) is 0 Å². The maximum absolute atomic E-state index is 9.34. The molecule has 0 amide bonds. The molecule has 0 spiro atoms. The number of guanidine groups is 1. The largest absolute Gasteiger partial charge is 0.396 e. The molecule has 2 aromatic heterocycles. The average Bonchev–Trinajstić information content (AvgIpc) is 3.40. The fourth-order valence-electron chi connectivity index (χ4n) is 3.23. The second-order valence-corrected chi connectivity index (χ2v) is 9.13. The van der Waals surface area contributed by atoms with Gasteiger partial charge in [0.1, 0.15) is 0 Å². The quantitative estimate of drug-likeness (QED) is 0.274. The van der Waals surface area contributed by atoms with Crippen molar-refractivity contribution in [3.63, 3.8) is 0 Å². The van der Waals surface area contributed by atoms with Crippen molar-refractivity contribution in [1.82, 2.24) is 15.6 Å². The van der Waals surface area contributed by atoms with Crippen molar-refractivity contribution in [3.8, 4) is 10.6 Å². The Hall–Kier alpha value is -0.750. The Kier molecular flexibility index (Phi) is 9.61. The van der Waals surface area contributed by atoms with E-state index in [9.17, 15) is 5.11 Å². The van der Waals surface area contributed by atoms with E-state index in [0.29, 0.717) is 6.61 Å². The van der Waals surface area contributed by atoms with E-state index >= 15 is 0 Å². The molecule has 6 nitrogen and oxygen atoms in total. The molecule has 1 aliphatic rings. The molecular formula is C19H29IN4O2S2. The van der Waals surface area contributed by atoms with Gasteiger partial charge in [-0.25, -0.2) is 4.98 Å². The van der Waals surface area contributed by atoms with E-state index in [1.807, 2.05) is 6.92 Å². The molecule has 28 heavy (non-hydrogen) atoms. The first-order chi connectivity index (χ1) is 13.1. The molecule has 0 radical (unpaired) electrons. The SMILES string of the molecule is CN=C(NCCc1ccc(-c2csc(C)n2)s1)NCC1(CCO)CCOC1.I. The minimum atomic E-state index is 0. The minimum absolute atomic E-state index is 0. The maximum Gasteiger partial charge on any atom is 0.191 e. The van der Waals surface area contributed by atoms with Gasteiger partial charge in [-0.2, -0.15) is 0 Å². The summed E-state index contributed by atoms with van der Waals surface area (Å²) in [7, 11) is 1.78. The Morgan fingerprint density at radius 3 is 2.89 bits per heavy atom. The van der Waals surface area contributed by atoms with E-state index in [1.165, 1.54) is 9.75 Å². The van der Waals surface area contributed by atoms with Gasteiger partial charge in [-0.3, -0.25) is 4.99 Å². The van der Waals surface area contributed by atoms with Crippen LogP contribution in [0.4, 0.5) is 0 Å². The van der Waals surface area contributed by atoms with Gasteiger partial charge in [0.2, 0.25) is 0 Å². The average molecular weight is 537 g/mol. The van der Waals surface area contributed by atoms with E-state index < -0.39 is 0 Å². The highest BCUT2D eigenvalue weighted by atomic mass is 127. The Morgan fingerprint density at radius 1 is 1.39 bits per heavy atom. The van der Waals surface area contributed by atoms with Crippen LogP contribution in [0.15, 0.2) is 22.5 Å². The zero-order valence-electron chi connectivity index (χ0n) is 16.4. The molecule has 2 aromatic rings. The van der Waals surface area contributed by atoms with Crippen LogP contribution in [0, 0.1) is 12.3 Å². The summed E-state index contributed by atoms with van der Waals surface area (Å²) in [4.78, 5) is 11.4. The molecule has 3 rings (SSSR count). The number of aromatic nitrogens is 1. The molecule has 156 valence electrons. The summed E-state index contributed by atoms with van der Waals surface area (Å²) in [5, 5.41) is 19.3. The number of aliphatic hydroxyl groups excluding tert-OH is 1. The first-order valence-corrected chi connectivity index (χ1v) is 11.0. The number of aliphatic imine (C=N–C) groups is 1. The van der Waals surface area contributed by atoms with Crippen LogP contribution in [0.3, 0.4) is 0 Å². The molecule has 0 aliphatic carbocycles. The van der Waals surface area contributed by atoms with E-state index in [1.54, 1.807) is 29.7 Å². The summed E-state index contributed by atoms with van der Waals surface area (Å²) in [6, 6.07) is 4.33. The van der Waals surface area contributed by atoms with Gasteiger partial charge in [0.15, 0.2) is 5.96 Å². The predicted octanol–water partition coefficient (Wildman–Crippen LogP) is 3.29. The van der Waals surface area contributed by atoms with Crippen molar-refractivity contribution in [2.75, 3.05) is 40.0 Å². The number of aliphatic hydroxyl groups is 1. The molecule has 1 saturated heterocycles. The maximum atomic E-state index is 9.34. The van der Waals surface area contributed by atoms with Gasteiger partial charge in [0, 0.05) is 49.0 Å². The molecule has 0 bridgehead atoms. The highest BCUT2D eigenvalue weighted by molar-refractivity contribution is 14.0. The molecule has 1 fully saturated rings. The van der Waals surface area contributed by atoms with E-state index in [2.05, 4.69) is 38.1 Å². The topological polar surface area (TPSA) is 78.8 Å². The number of rotatable bonds is 8. The van der Waals surface area contributed by atoms with Crippen LogP contribution < -0.4 is 10.6 Å². The van der Waals surface area contributed by atoms with Crippen molar-refractivity contribution < 1.29 is 9.84 Å². The zero-order valence-corrected chi connectivity index (χ0v) is 20.3. The van der Waals surface area contributed by atoms with Gasteiger partial charge in [-0.15, -0.1) is 46.7 Å². The second-order valence-electron chi connectivity index (χ2n) is 6.90. The summed E-state index contributed by atoms with van der Waals surface area (Å²) in [6.45, 7) is 5.28. The Balaban J connectivity index is 0.00000280. The van der Waals surface area contributed by atoms with Gasteiger partial charge < -0.3 is 20.5 Å². The standard InChI is InChI=1S/C19H28N4O2S2.HI/c1-14-23-16(11-26-14)17-4-3-15(27-17)5-8-21-18(20-2)22-12-19(6-9-24)7-10-25-13-19;/h3-4,11,24H,5-10,12-13H2,1-2H3,(H2,20,21,22);1H. The summed E-state index contributed by atoms with van der Waals surface area (Å²) >= 11 is 3.48. The molecular weight excluding hydrogens is 507 g/mol. The lowest BCUT2D eigenvalue weighted by atomic mass is 9.84. The molecule has 3 N–H and O–H groups in total. The third-order valence-electron chi connectivity index (χ3n) is 4.88. The first kappa shape index (κ1) is 23.5. The summed E-state index contributed by atoms with van der Waals surface area (Å²) in [6.07, 6.45) is 2.68. The number of thiophene rings is 1. The van der Waals surface area contributed by atoms with Crippen molar-refractivity contribution >= 4 is 52.6 Å².